The van der Waals surface area contributed by atoms with Crippen LogP contribution in [0.2, 0.25) is 5.02 Å². The minimum atomic E-state index is 0.188. The van der Waals surface area contributed by atoms with E-state index in [1.807, 2.05) is 6.07 Å². The first kappa shape index (κ1) is 10.3. The van der Waals surface area contributed by atoms with Crippen molar-refractivity contribution in [3.8, 4) is 5.75 Å². The summed E-state index contributed by atoms with van der Waals surface area (Å²) in [5.41, 5.74) is 2.34. The van der Waals surface area contributed by atoms with Crippen molar-refractivity contribution in [3.63, 3.8) is 0 Å². The maximum absolute atomic E-state index is 9.48. The second-order valence-electron chi connectivity index (χ2n) is 3.45. The van der Waals surface area contributed by atoms with E-state index < -0.39 is 0 Å². The molecule has 0 unspecified atom stereocenters. The molecule has 0 radical (unpaired) electrons. The summed E-state index contributed by atoms with van der Waals surface area (Å²) in [6.45, 7) is 1.91. The van der Waals surface area contributed by atoms with Gasteiger partial charge in [0.05, 0.1) is 5.02 Å². The van der Waals surface area contributed by atoms with Gasteiger partial charge in [0.1, 0.15) is 5.75 Å². The average Bonchev–Trinajstić information content (AvgIpc) is 2.35. The molecule has 14 heavy (non-hydrogen) atoms. The molecule has 2 nitrogen and oxygen atoms in total. The standard InChI is InChI=1S/C10H11BrClNO/c11-13-5-3-7-1-2-9(14)10(12)8(7)4-6-13/h1-2,14H,3-6H2. The van der Waals surface area contributed by atoms with E-state index in [1.54, 1.807) is 6.07 Å². The molecule has 4 heteroatoms. The van der Waals surface area contributed by atoms with Crippen molar-refractivity contribution in [3.05, 3.63) is 28.3 Å². The Hall–Kier alpha value is -0.250. The summed E-state index contributed by atoms with van der Waals surface area (Å²) in [6.07, 6.45) is 1.86. The van der Waals surface area contributed by atoms with E-state index in [1.165, 1.54) is 5.56 Å². The van der Waals surface area contributed by atoms with Gasteiger partial charge in [0.25, 0.3) is 0 Å². The molecule has 0 saturated heterocycles. The summed E-state index contributed by atoms with van der Waals surface area (Å²) >= 11 is 9.52. The molecule has 0 fully saturated rings. The highest BCUT2D eigenvalue weighted by Crippen LogP contribution is 2.32. The van der Waals surface area contributed by atoms with Crippen molar-refractivity contribution < 1.29 is 5.11 Å². The van der Waals surface area contributed by atoms with E-state index in [2.05, 4.69) is 20.1 Å². The Labute approximate surface area is 96.8 Å². The molecule has 1 N–H and O–H groups in total. The minimum Gasteiger partial charge on any atom is -0.506 e. The molecule has 1 aliphatic rings. The molecule has 76 valence electrons. The number of nitrogens with zero attached hydrogens (tertiary/aromatic N) is 1. The lowest BCUT2D eigenvalue weighted by atomic mass is 10.0. The van der Waals surface area contributed by atoms with Gasteiger partial charge in [-0.1, -0.05) is 17.7 Å². The zero-order valence-electron chi connectivity index (χ0n) is 7.63. The number of hydrogen-bond donors (Lipinski definition) is 1. The van der Waals surface area contributed by atoms with Gasteiger partial charge in [0.2, 0.25) is 0 Å². The fourth-order valence-corrected chi connectivity index (χ4v) is 2.37. The normalized spacial score (nSPS) is 17.6. The predicted molar refractivity (Wildman–Crippen MR) is 61.0 cm³/mol. The first-order valence-corrected chi connectivity index (χ1v) is 5.67. The van der Waals surface area contributed by atoms with E-state index in [0.717, 1.165) is 31.5 Å². The highest BCUT2D eigenvalue weighted by atomic mass is 79.9. The van der Waals surface area contributed by atoms with Gasteiger partial charge < -0.3 is 5.11 Å². The SMILES string of the molecule is Oc1ccc2c(c1Cl)CCN(Br)CC2. The number of phenols is 1. The quantitative estimate of drug-likeness (QED) is 0.737. The van der Waals surface area contributed by atoms with Crippen LogP contribution in [-0.4, -0.2) is 22.1 Å². The molecule has 0 aromatic heterocycles. The number of halogens is 2. The Morgan fingerprint density at radius 2 is 2.00 bits per heavy atom. The molecule has 2 rings (SSSR count). The summed E-state index contributed by atoms with van der Waals surface area (Å²) in [6, 6.07) is 3.63. The van der Waals surface area contributed by atoms with Gasteiger partial charge in [0.15, 0.2) is 0 Å². The Morgan fingerprint density at radius 3 is 2.79 bits per heavy atom. The minimum absolute atomic E-state index is 0.188. The Kier molecular flexibility index (Phi) is 3.00. The van der Waals surface area contributed by atoms with Crippen LogP contribution in [0.5, 0.6) is 5.75 Å². The third kappa shape index (κ3) is 1.90. The molecular weight excluding hydrogens is 265 g/mol. The fourth-order valence-electron chi connectivity index (χ4n) is 1.74. The van der Waals surface area contributed by atoms with Crippen molar-refractivity contribution in [1.29, 1.82) is 0 Å². The zero-order valence-corrected chi connectivity index (χ0v) is 9.98. The van der Waals surface area contributed by atoms with Crippen LogP contribution in [0, 0.1) is 0 Å². The molecule has 0 aliphatic carbocycles. The first-order chi connectivity index (χ1) is 6.68. The monoisotopic (exact) mass is 275 g/mol. The van der Waals surface area contributed by atoms with Crippen molar-refractivity contribution >= 4 is 27.7 Å². The Balaban J connectivity index is 2.41. The summed E-state index contributed by atoms with van der Waals surface area (Å²) in [5.74, 6) is 0.188. The van der Waals surface area contributed by atoms with E-state index >= 15 is 0 Å². The zero-order chi connectivity index (χ0) is 10.1. The third-order valence-corrected chi connectivity index (χ3v) is 3.68. The number of aromatic hydroxyl groups is 1. The fraction of sp³-hybridized carbons (Fsp3) is 0.400. The van der Waals surface area contributed by atoms with Gasteiger partial charge in [-0.2, -0.15) is 0 Å². The smallest absolute Gasteiger partial charge is 0.134 e. The van der Waals surface area contributed by atoms with Crippen molar-refractivity contribution in [2.45, 2.75) is 12.8 Å². The van der Waals surface area contributed by atoms with Gasteiger partial charge in [-0.25, -0.2) is 3.93 Å². The molecule has 0 spiro atoms. The lowest BCUT2D eigenvalue weighted by Crippen LogP contribution is -2.13. The predicted octanol–water partition coefficient (Wildman–Crippen LogP) is 2.76. The third-order valence-electron chi connectivity index (χ3n) is 2.55. The topological polar surface area (TPSA) is 23.5 Å². The van der Waals surface area contributed by atoms with Crippen LogP contribution in [0.3, 0.4) is 0 Å². The summed E-state index contributed by atoms with van der Waals surface area (Å²) in [7, 11) is 0. The maximum atomic E-state index is 9.48. The van der Waals surface area contributed by atoms with Crippen LogP contribution in [0.4, 0.5) is 0 Å². The van der Waals surface area contributed by atoms with Crippen LogP contribution in [-0.2, 0) is 12.8 Å². The van der Waals surface area contributed by atoms with Crippen molar-refractivity contribution in [2.75, 3.05) is 13.1 Å². The van der Waals surface area contributed by atoms with E-state index in [-0.39, 0.29) is 5.75 Å². The van der Waals surface area contributed by atoms with Crippen LogP contribution in [0.25, 0.3) is 0 Å². The van der Waals surface area contributed by atoms with E-state index in [9.17, 15) is 5.11 Å². The summed E-state index contributed by atoms with van der Waals surface area (Å²) in [4.78, 5) is 0. The number of rotatable bonds is 0. The van der Waals surface area contributed by atoms with Crippen molar-refractivity contribution in [1.82, 2.24) is 3.93 Å². The lowest BCUT2D eigenvalue weighted by molar-refractivity contribution is 0.474. The number of fused-ring (bicyclic) bond motifs is 1. The van der Waals surface area contributed by atoms with Crippen LogP contribution in [0.15, 0.2) is 12.1 Å². The van der Waals surface area contributed by atoms with Crippen LogP contribution < -0.4 is 0 Å². The van der Waals surface area contributed by atoms with Gasteiger partial charge in [-0.3, -0.25) is 0 Å². The van der Waals surface area contributed by atoms with Gasteiger partial charge in [-0.05, 0) is 30.0 Å². The highest BCUT2D eigenvalue weighted by molar-refractivity contribution is 9.07. The van der Waals surface area contributed by atoms with Crippen molar-refractivity contribution in [2.24, 2.45) is 0 Å². The summed E-state index contributed by atoms with van der Waals surface area (Å²) in [5, 5.41) is 9.99. The molecule has 1 heterocycles. The second kappa shape index (κ2) is 4.09. The molecular formula is C10H11BrClNO. The van der Waals surface area contributed by atoms with Crippen LogP contribution >= 0.6 is 27.7 Å². The first-order valence-electron chi connectivity index (χ1n) is 4.58. The summed E-state index contributed by atoms with van der Waals surface area (Å²) < 4.78 is 2.10. The molecule has 1 aromatic rings. The molecule has 0 amide bonds. The van der Waals surface area contributed by atoms with Gasteiger partial charge in [-0.15, -0.1) is 0 Å². The molecule has 1 aromatic carbocycles. The van der Waals surface area contributed by atoms with Gasteiger partial charge in [0, 0.05) is 29.2 Å². The largest absolute Gasteiger partial charge is 0.506 e. The average molecular weight is 277 g/mol. The van der Waals surface area contributed by atoms with E-state index in [4.69, 9.17) is 11.6 Å². The molecule has 1 aliphatic heterocycles. The van der Waals surface area contributed by atoms with Crippen LogP contribution in [0.1, 0.15) is 11.1 Å². The van der Waals surface area contributed by atoms with Gasteiger partial charge >= 0.3 is 0 Å². The Bertz CT molecular complexity index is 356. The highest BCUT2D eigenvalue weighted by Gasteiger charge is 2.16. The number of hydrogen-bond acceptors (Lipinski definition) is 2. The number of benzene rings is 1. The second-order valence-corrected chi connectivity index (χ2v) is 4.83. The number of phenolic OH excluding ortho intramolecular Hbond substituents is 1. The Morgan fingerprint density at radius 1 is 1.29 bits per heavy atom. The molecule has 0 bridgehead atoms. The van der Waals surface area contributed by atoms with E-state index in [0.29, 0.717) is 5.02 Å². The molecule has 0 saturated carbocycles. The lowest BCUT2D eigenvalue weighted by Gasteiger charge is -2.08. The maximum Gasteiger partial charge on any atom is 0.134 e. The molecule has 0 atom stereocenters.